The second-order valence-electron chi connectivity index (χ2n) is 7.34. The van der Waals surface area contributed by atoms with Crippen LogP contribution in [0.25, 0.3) is 11.5 Å². The minimum atomic E-state index is -0.862. The number of rotatable bonds is 6. The lowest BCUT2D eigenvalue weighted by Gasteiger charge is -2.18. The van der Waals surface area contributed by atoms with Gasteiger partial charge in [-0.25, -0.2) is 4.98 Å². The number of hydrogen-bond acceptors (Lipinski definition) is 8. The van der Waals surface area contributed by atoms with Crippen molar-refractivity contribution in [2.75, 3.05) is 5.75 Å². The van der Waals surface area contributed by atoms with E-state index in [9.17, 15) is 10.1 Å². The fourth-order valence-electron chi connectivity index (χ4n) is 2.48. The van der Waals surface area contributed by atoms with Gasteiger partial charge in [0.05, 0.1) is 11.8 Å². The Morgan fingerprint density at radius 3 is 2.57 bits per heavy atom. The Kier molecular flexibility index (Phi) is 5.96. The molecule has 0 unspecified atom stereocenters. The molecule has 28 heavy (non-hydrogen) atoms. The van der Waals surface area contributed by atoms with Crippen LogP contribution >= 0.6 is 23.1 Å². The molecule has 144 valence electrons. The predicted molar refractivity (Wildman–Crippen MR) is 109 cm³/mol. The number of thioether (sulfide) groups is 1. The molecule has 3 rings (SSSR count). The van der Waals surface area contributed by atoms with Crippen LogP contribution in [0.2, 0.25) is 0 Å². The summed E-state index contributed by atoms with van der Waals surface area (Å²) in [6, 6.07) is 10.0. The molecule has 0 spiro atoms. The minimum absolute atomic E-state index is 0.0709. The molecule has 0 aliphatic carbocycles. The number of carbonyl (C=O) groups is 1. The third kappa shape index (κ3) is 4.66. The van der Waals surface area contributed by atoms with Crippen molar-refractivity contribution in [2.24, 2.45) is 0 Å². The lowest BCUT2D eigenvalue weighted by atomic mass is 9.87. The maximum atomic E-state index is 12.4. The zero-order chi connectivity index (χ0) is 20.3. The third-order valence-electron chi connectivity index (χ3n) is 4.08. The quantitative estimate of drug-likeness (QED) is 0.538. The molecule has 0 fully saturated rings. The maximum absolute atomic E-state index is 12.4. The summed E-state index contributed by atoms with van der Waals surface area (Å²) in [6.07, 6.45) is 0. The third-order valence-corrected chi connectivity index (χ3v) is 5.95. The molecule has 0 aliphatic rings. The second-order valence-corrected chi connectivity index (χ2v) is 9.16. The fraction of sp³-hybridized carbons (Fsp3) is 0.350. The van der Waals surface area contributed by atoms with Gasteiger partial charge < -0.3 is 4.42 Å². The van der Waals surface area contributed by atoms with Gasteiger partial charge in [0.2, 0.25) is 5.89 Å². The molecule has 0 bridgehead atoms. The molecule has 0 saturated heterocycles. The molecule has 2 aromatic heterocycles. The largest absolute Gasteiger partial charge is 0.411 e. The lowest BCUT2D eigenvalue weighted by molar-refractivity contribution is -0.116. The smallest absolute Gasteiger partial charge is 0.277 e. The van der Waals surface area contributed by atoms with E-state index in [0.717, 1.165) is 23.0 Å². The highest BCUT2D eigenvalue weighted by Crippen LogP contribution is 2.28. The standard InChI is InChI=1S/C20H20N4O2S2/c1-12-10-27-18(22-12)15(9-21)16(25)11-28-19-24-23-17(26-19)13-5-7-14(8-6-13)20(2,3)4/h5-8,10,15H,11H2,1-4H3/t15-/m0/s1. The van der Waals surface area contributed by atoms with Crippen molar-refractivity contribution in [3.8, 4) is 17.5 Å². The van der Waals surface area contributed by atoms with Crippen LogP contribution in [0.3, 0.4) is 0 Å². The van der Waals surface area contributed by atoms with Crippen LogP contribution in [0.15, 0.2) is 39.3 Å². The summed E-state index contributed by atoms with van der Waals surface area (Å²) in [5, 5.41) is 20.0. The molecule has 6 nitrogen and oxygen atoms in total. The SMILES string of the molecule is Cc1csc([C@@H](C#N)C(=O)CSc2nnc(-c3ccc(C(C)(C)C)cc3)o2)n1. The zero-order valence-corrected chi connectivity index (χ0v) is 17.7. The summed E-state index contributed by atoms with van der Waals surface area (Å²) >= 11 is 2.45. The van der Waals surface area contributed by atoms with Gasteiger partial charge in [0.15, 0.2) is 11.7 Å². The predicted octanol–water partition coefficient (Wildman–Crippen LogP) is 4.77. The zero-order valence-electron chi connectivity index (χ0n) is 16.1. The van der Waals surface area contributed by atoms with Gasteiger partial charge in [0.25, 0.3) is 5.22 Å². The Labute approximate surface area is 172 Å². The van der Waals surface area contributed by atoms with Crippen LogP contribution in [0.1, 0.15) is 43.0 Å². The highest BCUT2D eigenvalue weighted by Gasteiger charge is 2.24. The average molecular weight is 413 g/mol. The Balaban J connectivity index is 1.64. The molecular weight excluding hydrogens is 392 g/mol. The highest BCUT2D eigenvalue weighted by atomic mass is 32.2. The second kappa shape index (κ2) is 8.25. The number of hydrogen-bond donors (Lipinski definition) is 0. The van der Waals surface area contributed by atoms with Crippen molar-refractivity contribution >= 4 is 28.9 Å². The summed E-state index contributed by atoms with van der Waals surface area (Å²) in [6.45, 7) is 8.30. The van der Waals surface area contributed by atoms with Crippen molar-refractivity contribution in [2.45, 2.75) is 44.3 Å². The highest BCUT2D eigenvalue weighted by molar-refractivity contribution is 7.99. The van der Waals surface area contributed by atoms with Crippen molar-refractivity contribution < 1.29 is 9.21 Å². The van der Waals surface area contributed by atoms with Crippen molar-refractivity contribution in [1.82, 2.24) is 15.2 Å². The number of thiazole rings is 1. The van der Waals surface area contributed by atoms with Crippen LogP contribution in [-0.4, -0.2) is 26.7 Å². The van der Waals surface area contributed by atoms with E-state index in [-0.39, 0.29) is 17.0 Å². The Hall–Kier alpha value is -2.50. The Bertz CT molecular complexity index is 1010. The van der Waals surface area contributed by atoms with Gasteiger partial charge in [-0.15, -0.1) is 21.5 Å². The van der Waals surface area contributed by atoms with Gasteiger partial charge in [-0.2, -0.15) is 5.26 Å². The number of benzene rings is 1. The van der Waals surface area contributed by atoms with Crippen molar-refractivity contribution in [3.63, 3.8) is 0 Å². The molecule has 0 radical (unpaired) electrons. The molecule has 1 atom stereocenters. The van der Waals surface area contributed by atoms with E-state index in [2.05, 4.69) is 36.0 Å². The van der Waals surface area contributed by atoms with Crippen molar-refractivity contribution in [1.29, 1.82) is 5.26 Å². The van der Waals surface area contributed by atoms with E-state index < -0.39 is 5.92 Å². The molecule has 0 amide bonds. The Morgan fingerprint density at radius 1 is 1.29 bits per heavy atom. The normalized spacial score (nSPS) is 12.5. The number of Topliss-reactive ketones (excluding diaryl/α,β-unsaturated/α-hetero) is 1. The van der Waals surface area contributed by atoms with E-state index in [0.29, 0.717) is 16.1 Å². The summed E-state index contributed by atoms with van der Waals surface area (Å²) in [5.74, 6) is -0.612. The first kappa shape index (κ1) is 20.2. The number of nitriles is 1. The topological polar surface area (TPSA) is 92.7 Å². The van der Waals surface area contributed by atoms with Crippen LogP contribution in [0.5, 0.6) is 0 Å². The summed E-state index contributed by atoms with van der Waals surface area (Å²) in [4.78, 5) is 16.6. The molecule has 0 aliphatic heterocycles. The monoisotopic (exact) mass is 412 g/mol. The average Bonchev–Trinajstić information content (AvgIpc) is 3.29. The van der Waals surface area contributed by atoms with Gasteiger partial charge in [-0.05, 0) is 30.0 Å². The van der Waals surface area contributed by atoms with E-state index in [1.54, 1.807) is 0 Å². The number of aryl methyl sites for hydroxylation is 1. The Morgan fingerprint density at radius 2 is 2.00 bits per heavy atom. The van der Waals surface area contributed by atoms with Crippen LogP contribution in [0, 0.1) is 18.3 Å². The summed E-state index contributed by atoms with van der Waals surface area (Å²) < 4.78 is 5.66. The number of nitrogens with zero attached hydrogens (tertiary/aromatic N) is 4. The number of carbonyl (C=O) groups excluding carboxylic acids is 1. The van der Waals surface area contributed by atoms with E-state index >= 15 is 0 Å². The van der Waals surface area contributed by atoms with E-state index in [4.69, 9.17) is 4.42 Å². The van der Waals surface area contributed by atoms with Gasteiger partial charge in [-0.1, -0.05) is 44.7 Å². The van der Waals surface area contributed by atoms with E-state index in [1.165, 1.54) is 16.9 Å². The molecular formula is C20H20N4O2S2. The molecule has 2 heterocycles. The van der Waals surface area contributed by atoms with Gasteiger partial charge in [0.1, 0.15) is 5.01 Å². The maximum Gasteiger partial charge on any atom is 0.277 e. The first-order valence-corrected chi connectivity index (χ1v) is 10.6. The minimum Gasteiger partial charge on any atom is -0.411 e. The molecule has 0 saturated carbocycles. The van der Waals surface area contributed by atoms with Gasteiger partial charge in [0, 0.05) is 16.6 Å². The first-order valence-electron chi connectivity index (χ1n) is 8.69. The fourth-order valence-corrected chi connectivity index (χ4v) is 4.01. The molecule has 8 heteroatoms. The molecule has 0 N–H and O–H groups in total. The summed E-state index contributed by atoms with van der Waals surface area (Å²) in [5.41, 5.74) is 2.92. The van der Waals surface area contributed by atoms with Gasteiger partial charge >= 0.3 is 0 Å². The summed E-state index contributed by atoms with van der Waals surface area (Å²) in [7, 11) is 0. The van der Waals surface area contributed by atoms with Crippen molar-refractivity contribution in [3.05, 3.63) is 45.9 Å². The lowest BCUT2D eigenvalue weighted by Crippen LogP contribution is -2.13. The van der Waals surface area contributed by atoms with Gasteiger partial charge in [-0.3, -0.25) is 4.79 Å². The van der Waals surface area contributed by atoms with E-state index in [1.807, 2.05) is 42.6 Å². The molecule has 1 aromatic carbocycles. The number of ketones is 1. The number of aromatic nitrogens is 3. The van der Waals surface area contributed by atoms with Crippen LogP contribution < -0.4 is 0 Å². The van der Waals surface area contributed by atoms with Crippen LogP contribution in [-0.2, 0) is 10.2 Å². The van der Waals surface area contributed by atoms with Crippen LogP contribution in [0.4, 0.5) is 0 Å². The molecule has 3 aromatic rings. The first-order chi connectivity index (χ1) is 13.3.